The second-order valence-corrected chi connectivity index (χ2v) is 14.7. The molecule has 59 heavy (non-hydrogen) atoms. The molecule has 8 aromatic carbocycles. The van der Waals surface area contributed by atoms with Crippen molar-refractivity contribution in [3.8, 4) is 62.4 Å². The number of benzene rings is 8. The first-order valence-electron chi connectivity index (χ1n) is 19.5. The molecule has 4 aromatic heterocycles. The summed E-state index contributed by atoms with van der Waals surface area (Å²) in [6, 6.07) is 64.2. The zero-order chi connectivity index (χ0) is 38.9. The van der Waals surface area contributed by atoms with E-state index >= 15 is 0 Å². The average molecular weight is 758 g/mol. The Hall–Kier alpha value is -8.16. The van der Waals surface area contributed by atoms with E-state index in [4.69, 9.17) is 28.8 Å². The molecule has 0 aliphatic rings. The molecule has 0 saturated carbocycles. The molecule has 0 radical (unpaired) electrons. The molecule has 276 valence electrons. The second kappa shape index (κ2) is 13.2. The van der Waals surface area contributed by atoms with Crippen molar-refractivity contribution in [3.05, 3.63) is 188 Å². The van der Waals surface area contributed by atoms with Crippen LogP contribution in [-0.2, 0) is 0 Å². The molecule has 0 amide bonds. The van der Waals surface area contributed by atoms with Gasteiger partial charge in [-0.1, -0.05) is 115 Å². The van der Waals surface area contributed by atoms with E-state index in [2.05, 4.69) is 102 Å². The Kier molecular flexibility index (Phi) is 7.40. The highest BCUT2D eigenvalue weighted by Crippen LogP contribution is 2.40. The molecule has 0 N–H and O–H groups in total. The zero-order valence-corrected chi connectivity index (χ0v) is 31.5. The van der Waals surface area contributed by atoms with Gasteiger partial charge >= 0.3 is 0 Å². The number of para-hydroxylation sites is 4. The van der Waals surface area contributed by atoms with Gasteiger partial charge in [0.15, 0.2) is 23.1 Å². The molecule has 0 bridgehead atoms. The van der Waals surface area contributed by atoms with E-state index in [0.717, 1.165) is 77.6 Å². The van der Waals surface area contributed by atoms with Crippen LogP contribution in [0.1, 0.15) is 0 Å². The van der Waals surface area contributed by atoms with E-state index < -0.39 is 0 Å². The van der Waals surface area contributed by atoms with E-state index in [1.54, 1.807) is 0 Å². The summed E-state index contributed by atoms with van der Waals surface area (Å²) in [6.45, 7) is 0. The fraction of sp³-hybridized carbons (Fsp3) is 0. The monoisotopic (exact) mass is 757 g/mol. The molecule has 0 aliphatic heterocycles. The van der Waals surface area contributed by atoms with Crippen LogP contribution in [0.3, 0.4) is 0 Å². The average Bonchev–Trinajstić information content (AvgIpc) is 4.01. The van der Waals surface area contributed by atoms with Gasteiger partial charge in [0, 0.05) is 49.5 Å². The van der Waals surface area contributed by atoms with E-state index in [1.165, 1.54) is 16.3 Å². The van der Waals surface area contributed by atoms with Crippen LogP contribution in [0.2, 0.25) is 0 Å². The maximum Gasteiger partial charge on any atom is 0.227 e. The summed E-state index contributed by atoms with van der Waals surface area (Å²) in [7, 11) is 0. The van der Waals surface area contributed by atoms with Gasteiger partial charge in [0.05, 0.1) is 11.0 Å². The smallest absolute Gasteiger partial charge is 0.227 e. The van der Waals surface area contributed by atoms with E-state index in [-0.39, 0.29) is 0 Å². The minimum Gasteiger partial charge on any atom is -0.456 e. The minimum absolute atomic E-state index is 0.539. The fourth-order valence-corrected chi connectivity index (χ4v) is 8.33. The SMILES string of the molecule is c1ccc(-c2nc(-c3cccc(-c4nc5ccccc5o4)c3)nc(-c3cccc4oc5ccc(-c6ccc7c(c6)c6ccccc6n7-c6ccccc6)cc5c34)n2)cc1. The lowest BCUT2D eigenvalue weighted by atomic mass is 9.99. The summed E-state index contributed by atoms with van der Waals surface area (Å²) in [5, 5.41) is 4.35. The minimum atomic E-state index is 0.539. The molecule has 0 atom stereocenters. The van der Waals surface area contributed by atoms with E-state index in [0.29, 0.717) is 23.4 Å². The topological polar surface area (TPSA) is 82.8 Å². The summed E-state index contributed by atoms with van der Waals surface area (Å²) < 4.78 is 15.0. The first-order valence-corrected chi connectivity index (χ1v) is 19.5. The number of fused-ring (bicyclic) bond motifs is 7. The van der Waals surface area contributed by atoms with Gasteiger partial charge in [-0.3, -0.25) is 0 Å². The van der Waals surface area contributed by atoms with Crippen LogP contribution in [0.4, 0.5) is 0 Å². The van der Waals surface area contributed by atoms with Crippen molar-refractivity contribution in [2.45, 2.75) is 0 Å². The number of hydrogen-bond acceptors (Lipinski definition) is 6. The lowest BCUT2D eigenvalue weighted by Crippen LogP contribution is -2.00. The maximum atomic E-state index is 6.51. The largest absolute Gasteiger partial charge is 0.456 e. The molecule has 0 saturated heterocycles. The number of furan rings is 1. The van der Waals surface area contributed by atoms with Crippen LogP contribution < -0.4 is 0 Å². The molecule has 0 spiro atoms. The molecule has 0 unspecified atom stereocenters. The van der Waals surface area contributed by atoms with Crippen LogP contribution >= 0.6 is 0 Å². The van der Waals surface area contributed by atoms with Crippen LogP contribution in [0, 0.1) is 0 Å². The molecule has 0 aliphatic carbocycles. The number of oxazole rings is 1. The summed E-state index contributed by atoms with van der Waals surface area (Å²) in [4.78, 5) is 20.1. The molecule has 4 heterocycles. The van der Waals surface area contributed by atoms with Crippen LogP contribution in [0.15, 0.2) is 197 Å². The van der Waals surface area contributed by atoms with E-state index in [9.17, 15) is 0 Å². The lowest BCUT2D eigenvalue weighted by molar-refractivity contribution is 0.620. The highest BCUT2D eigenvalue weighted by Gasteiger charge is 2.20. The predicted octanol–water partition coefficient (Wildman–Crippen LogP) is 13.3. The Labute approximate surface area is 337 Å². The van der Waals surface area contributed by atoms with Crippen molar-refractivity contribution in [1.82, 2.24) is 24.5 Å². The van der Waals surface area contributed by atoms with Crippen molar-refractivity contribution >= 4 is 54.8 Å². The molecular formula is C52H31N5O2. The lowest BCUT2D eigenvalue weighted by Gasteiger charge is -2.10. The number of rotatable bonds is 6. The molecule has 7 heteroatoms. The quantitative estimate of drug-likeness (QED) is 0.168. The van der Waals surface area contributed by atoms with Gasteiger partial charge in [-0.2, -0.15) is 0 Å². The number of hydrogen-bond donors (Lipinski definition) is 0. The Balaban J connectivity index is 1.02. The van der Waals surface area contributed by atoms with Gasteiger partial charge in [-0.05, 0) is 83.9 Å². The first-order chi connectivity index (χ1) is 29.2. The third kappa shape index (κ3) is 5.51. The van der Waals surface area contributed by atoms with Gasteiger partial charge in [-0.15, -0.1) is 0 Å². The van der Waals surface area contributed by atoms with Crippen LogP contribution in [0.25, 0.3) is 117 Å². The standard InChI is InChI=1S/C52H31N5O2/c1-3-13-32(14-4-1)49-54-50(35-15-11-16-36(29-35)52-53-42-21-8-10-23-46(42)59-52)56-51(55-49)39-20-12-24-47-48(39)41-31-34(26-28-45(41)58-47)33-25-27-44-40(30-33)38-19-7-9-22-43(38)57(44)37-17-5-2-6-18-37/h1-31H. The normalized spacial score (nSPS) is 11.7. The maximum absolute atomic E-state index is 6.51. The van der Waals surface area contributed by atoms with Crippen molar-refractivity contribution in [2.75, 3.05) is 0 Å². The predicted molar refractivity (Wildman–Crippen MR) is 236 cm³/mol. The Morgan fingerprint density at radius 1 is 0.356 bits per heavy atom. The number of nitrogens with zero attached hydrogens (tertiary/aromatic N) is 5. The van der Waals surface area contributed by atoms with Gasteiger partial charge in [0.25, 0.3) is 0 Å². The fourth-order valence-electron chi connectivity index (χ4n) is 8.33. The van der Waals surface area contributed by atoms with E-state index in [1.807, 2.05) is 91.0 Å². The highest BCUT2D eigenvalue weighted by atomic mass is 16.3. The molecule has 12 rings (SSSR count). The molecular weight excluding hydrogens is 727 g/mol. The number of aromatic nitrogens is 5. The van der Waals surface area contributed by atoms with Crippen molar-refractivity contribution in [3.63, 3.8) is 0 Å². The first kappa shape index (κ1) is 33.0. The van der Waals surface area contributed by atoms with Gasteiger partial charge in [0.2, 0.25) is 5.89 Å². The summed E-state index contributed by atoms with van der Waals surface area (Å²) in [5.74, 6) is 2.21. The van der Waals surface area contributed by atoms with Crippen LogP contribution in [-0.4, -0.2) is 24.5 Å². The van der Waals surface area contributed by atoms with Gasteiger partial charge in [-0.25, -0.2) is 19.9 Å². The molecule has 0 fully saturated rings. The van der Waals surface area contributed by atoms with Crippen LogP contribution in [0.5, 0.6) is 0 Å². The van der Waals surface area contributed by atoms with Crippen molar-refractivity contribution < 1.29 is 8.83 Å². The Morgan fingerprint density at radius 3 is 1.86 bits per heavy atom. The summed E-state index contributed by atoms with van der Waals surface area (Å²) in [5.41, 5.74) is 12.2. The van der Waals surface area contributed by atoms with Crippen molar-refractivity contribution in [1.29, 1.82) is 0 Å². The Bertz CT molecular complexity index is 3530. The van der Waals surface area contributed by atoms with Gasteiger partial charge in [0.1, 0.15) is 16.7 Å². The summed E-state index contributed by atoms with van der Waals surface area (Å²) in [6.07, 6.45) is 0. The molecule has 7 nitrogen and oxygen atoms in total. The van der Waals surface area contributed by atoms with Crippen molar-refractivity contribution in [2.24, 2.45) is 0 Å². The third-order valence-electron chi connectivity index (χ3n) is 11.1. The van der Waals surface area contributed by atoms with Gasteiger partial charge < -0.3 is 13.4 Å². The summed E-state index contributed by atoms with van der Waals surface area (Å²) >= 11 is 0. The highest BCUT2D eigenvalue weighted by molar-refractivity contribution is 6.14. The zero-order valence-electron chi connectivity index (χ0n) is 31.5. The Morgan fingerprint density at radius 2 is 1.00 bits per heavy atom. The third-order valence-corrected chi connectivity index (χ3v) is 11.1. The molecule has 12 aromatic rings. The second-order valence-electron chi connectivity index (χ2n) is 14.7.